The number of aromatic nitrogens is 2. The third-order valence-electron chi connectivity index (χ3n) is 2.21. The molecule has 2 atom stereocenters. The van der Waals surface area contributed by atoms with Gasteiger partial charge < -0.3 is 5.73 Å². The highest BCUT2D eigenvalue weighted by Crippen LogP contribution is 2.16. The molecular formula is C9H18N4O3S2. The van der Waals surface area contributed by atoms with Crippen molar-refractivity contribution in [2.45, 2.75) is 31.3 Å². The Bertz CT molecular complexity index is 538. The molecule has 0 aliphatic rings. The van der Waals surface area contributed by atoms with Crippen LogP contribution >= 0.6 is 0 Å². The van der Waals surface area contributed by atoms with E-state index in [9.17, 15) is 12.6 Å². The Morgan fingerprint density at radius 2 is 2.22 bits per heavy atom. The smallest absolute Gasteiger partial charge is 0.246 e. The third kappa shape index (κ3) is 3.79. The minimum absolute atomic E-state index is 0.0332. The van der Waals surface area contributed by atoms with Crippen LogP contribution in [0.4, 0.5) is 5.82 Å². The van der Waals surface area contributed by atoms with E-state index in [1.165, 1.54) is 17.1 Å². The number of hydrogen-bond acceptors (Lipinski definition) is 5. The van der Waals surface area contributed by atoms with Crippen LogP contribution in [0.3, 0.4) is 0 Å². The van der Waals surface area contributed by atoms with Crippen molar-refractivity contribution in [2.24, 2.45) is 0 Å². The molecule has 3 N–H and O–H groups in total. The summed E-state index contributed by atoms with van der Waals surface area (Å²) >= 11 is 0. The molecule has 0 saturated heterocycles. The second-order valence-electron chi connectivity index (χ2n) is 4.00. The van der Waals surface area contributed by atoms with E-state index in [1.54, 1.807) is 6.92 Å². The van der Waals surface area contributed by atoms with E-state index in [0.717, 1.165) is 0 Å². The van der Waals surface area contributed by atoms with Gasteiger partial charge in [-0.1, -0.05) is 0 Å². The molecule has 0 radical (unpaired) electrons. The molecule has 18 heavy (non-hydrogen) atoms. The summed E-state index contributed by atoms with van der Waals surface area (Å²) < 4.78 is 39.0. The maximum atomic E-state index is 12.0. The number of anilines is 1. The first-order valence-electron chi connectivity index (χ1n) is 5.41. The van der Waals surface area contributed by atoms with Gasteiger partial charge in [-0.2, -0.15) is 5.10 Å². The molecule has 1 rings (SSSR count). The summed E-state index contributed by atoms with van der Waals surface area (Å²) in [5, 5.41) is 3.88. The SMILES string of the molecule is CCn1cc(S(=O)(=O)NC(C)CS(C)=O)c(N)n1. The van der Waals surface area contributed by atoms with Gasteiger partial charge in [0.15, 0.2) is 5.82 Å². The molecule has 9 heteroatoms. The van der Waals surface area contributed by atoms with Gasteiger partial charge in [-0.25, -0.2) is 13.1 Å². The number of nitrogens with one attached hydrogen (secondary N) is 1. The minimum atomic E-state index is -3.72. The average molecular weight is 294 g/mol. The van der Waals surface area contributed by atoms with Gasteiger partial charge in [0.1, 0.15) is 4.90 Å². The van der Waals surface area contributed by atoms with E-state index in [1.807, 2.05) is 6.92 Å². The molecule has 7 nitrogen and oxygen atoms in total. The fourth-order valence-corrected chi connectivity index (χ4v) is 3.71. The van der Waals surface area contributed by atoms with Crippen molar-refractivity contribution in [3.8, 4) is 0 Å². The lowest BCUT2D eigenvalue weighted by atomic mass is 10.4. The predicted molar refractivity (Wildman–Crippen MR) is 71.0 cm³/mol. The minimum Gasteiger partial charge on any atom is -0.381 e. The Morgan fingerprint density at radius 1 is 1.61 bits per heavy atom. The van der Waals surface area contributed by atoms with Crippen molar-refractivity contribution in [3.63, 3.8) is 0 Å². The first-order chi connectivity index (χ1) is 8.26. The lowest BCUT2D eigenvalue weighted by Gasteiger charge is -2.11. The summed E-state index contributed by atoms with van der Waals surface area (Å²) in [4.78, 5) is -0.0434. The number of rotatable bonds is 6. The Morgan fingerprint density at radius 3 is 2.67 bits per heavy atom. The van der Waals surface area contributed by atoms with Gasteiger partial charge in [-0.05, 0) is 13.8 Å². The van der Waals surface area contributed by atoms with Gasteiger partial charge in [-0.15, -0.1) is 0 Å². The summed E-state index contributed by atoms with van der Waals surface area (Å²) in [7, 11) is -4.79. The molecule has 0 amide bonds. The van der Waals surface area contributed by atoms with E-state index < -0.39 is 26.9 Å². The number of aryl methyl sites for hydroxylation is 1. The van der Waals surface area contributed by atoms with Crippen LogP contribution < -0.4 is 10.5 Å². The maximum Gasteiger partial charge on any atom is 0.246 e. The van der Waals surface area contributed by atoms with Gasteiger partial charge >= 0.3 is 0 Å². The Kier molecular flexibility index (Phi) is 4.88. The molecule has 0 saturated carbocycles. The lowest BCUT2D eigenvalue weighted by molar-refractivity contribution is 0.570. The summed E-state index contributed by atoms with van der Waals surface area (Å²) in [6.07, 6.45) is 2.90. The monoisotopic (exact) mass is 294 g/mol. The summed E-state index contributed by atoms with van der Waals surface area (Å²) in [5.41, 5.74) is 5.57. The number of nitrogens with two attached hydrogens (primary N) is 1. The van der Waals surface area contributed by atoms with Crippen LogP contribution in [0.5, 0.6) is 0 Å². The number of nitrogens with zero attached hydrogens (tertiary/aromatic N) is 2. The molecule has 0 bridgehead atoms. The highest BCUT2D eigenvalue weighted by atomic mass is 32.2. The van der Waals surface area contributed by atoms with Crippen LogP contribution in [0.15, 0.2) is 11.1 Å². The molecule has 0 fully saturated rings. The molecule has 0 aromatic carbocycles. The van der Waals surface area contributed by atoms with E-state index in [0.29, 0.717) is 6.54 Å². The first-order valence-corrected chi connectivity index (χ1v) is 8.62. The van der Waals surface area contributed by atoms with Gasteiger partial charge in [0.2, 0.25) is 10.0 Å². The van der Waals surface area contributed by atoms with Gasteiger partial charge in [-0.3, -0.25) is 8.89 Å². The summed E-state index contributed by atoms with van der Waals surface area (Å²) in [6, 6.07) is -0.426. The molecule has 0 aliphatic carbocycles. The standard InChI is InChI=1S/C9H18N4O3S2/c1-4-13-5-8(9(10)11-13)18(15,16)12-7(2)6-17(3)14/h5,7,12H,4,6H2,1-3H3,(H2,10,11). The highest BCUT2D eigenvalue weighted by Gasteiger charge is 2.23. The zero-order chi connectivity index (χ0) is 13.9. The molecular weight excluding hydrogens is 276 g/mol. The van der Waals surface area contributed by atoms with Crippen molar-refractivity contribution >= 4 is 26.6 Å². The molecule has 1 aromatic rings. The van der Waals surface area contributed by atoms with Crippen LogP contribution in [0.25, 0.3) is 0 Å². The zero-order valence-electron chi connectivity index (χ0n) is 10.6. The van der Waals surface area contributed by atoms with Crippen LogP contribution in [0.2, 0.25) is 0 Å². The lowest BCUT2D eigenvalue weighted by Crippen LogP contribution is -2.36. The van der Waals surface area contributed by atoms with E-state index in [-0.39, 0.29) is 16.5 Å². The quantitative estimate of drug-likeness (QED) is 0.737. The Labute approximate surface area is 109 Å². The summed E-state index contributed by atoms with van der Waals surface area (Å²) in [5.74, 6) is 0.218. The van der Waals surface area contributed by atoms with Crippen LogP contribution in [0.1, 0.15) is 13.8 Å². The topological polar surface area (TPSA) is 107 Å². The van der Waals surface area contributed by atoms with Crippen molar-refractivity contribution < 1.29 is 12.6 Å². The summed E-state index contributed by atoms with van der Waals surface area (Å²) in [6.45, 7) is 4.02. The van der Waals surface area contributed by atoms with Crippen molar-refractivity contribution in [2.75, 3.05) is 17.7 Å². The second-order valence-corrected chi connectivity index (χ2v) is 7.16. The Balaban J connectivity index is 2.92. The van der Waals surface area contributed by atoms with Crippen molar-refractivity contribution in [1.29, 1.82) is 0 Å². The maximum absolute atomic E-state index is 12.0. The third-order valence-corrected chi connectivity index (χ3v) is 4.79. The molecule has 1 aromatic heterocycles. The molecule has 104 valence electrons. The van der Waals surface area contributed by atoms with Crippen molar-refractivity contribution in [3.05, 3.63) is 6.20 Å². The average Bonchev–Trinajstić information content (AvgIpc) is 2.58. The van der Waals surface area contributed by atoms with E-state index in [2.05, 4.69) is 9.82 Å². The first kappa shape index (κ1) is 15.1. The van der Waals surface area contributed by atoms with Crippen molar-refractivity contribution in [1.82, 2.24) is 14.5 Å². The second kappa shape index (κ2) is 5.81. The Hall–Kier alpha value is -0.930. The molecule has 1 heterocycles. The fraction of sp³-hybridized carbons (Fsp3) is 0.667. The molecule has 0 aliphatic heterocycles. The zero-order valence-corrected chi connectivity index (χ0v) is 12.2. The highest BCUT2D eigenvalue weighted by molar-refractivity contribution is 7.89. The van der Waals surface area contributed by atoms with Gasteiger partial charge in [0.05, 0.1) is 0 Å². The number of nitrogen functional groups attached to an aromatic ring is 1. The van der Waals surface area contributed by atoms with E-state index in [4.69, 9.17) is 5.73 Å². The van der Waals surface area contributed by atoms with Gasteiger partial charge in [0.25, 0.3) is 0 Å². The normalized spacial score (nSPS) is 15.5. The van der Waals surface area contributed by atoms with Gasteiger partial charge in [0, 0.05) is 41.6 Å². The largest absolute Gasteiger partial charge is 0.381 e. The van der Waals surface area contributed by atoms with Crippen LogP contribution in [-0.4, -0.2) is 40.5 Å². The number of sulfonamides is 1. The molecule has 0 spiro atoms. The fourth-order valence-electron chi connectivity index (χ4n) is 1.50. The number of hydrogen-bond donors (Lipinski definition) is 2. The predicted octanol–water partition coefficient (Wildman–Crippen LogP) is -0.469. The molecule has 2 unspecified atom stereocenters. The van der Waals surface area contributed by atoms with Crippen LogP contribution in [-0.2, 0) is 27.4 Å². The van der Waals surface area contributed by atoms with E-state index >= 15 is 0 Å². The van der Waals surface area contributed by atoms with Crippen LogP contribution in [0, 0.1) is 0 Å².